The van der Waals surface area contributed by atoms with Crippen LogP contribution in [0.3, 0.4) is 0 Å². The Labute approximate surface area is 156 Å². The Morgan fingerprint density at radius 3 is 2.12 bits per heavy atom. The van der Waals surface area contributed by atoms with Crippen LogP contribution in [-0.4, -0.2) is 37.9 Å². The lowest BCUT2D eigenvalue weighted by Gasteiger charge is -2.38. The Kier molecular flexibility index (Phi) is 7.42. The van der Waals surface area contributed by atoms with Crippen molar-refractivity contribution < 1.29 is 25.2 Å². The van der Waals surface area contributed by atoms with Gasteiger partial charge < -0.3 is 20.4 Å². The first kappa shape index (κ1) is 22.2. The van der Waals surface area contributed by atoms with Crippen molar-refractivity contribution in [3.05, 3.63) is 46.0 Å². The number of carbonyl (C=O) groups is 1. The van der Waals surface area contributed by atoms with Crippen LogP contribution in [0.15, 0.2) is 46.0 Å². The van der Waals surface area contributed by atoms with Gasteiger partial charge in [0.2, 0.25) is 0 Å². The van der Waals surface area contributed by atoms with Crippen LogP contribution in [0.5, 0.6) is 0 Å². The van der Waals surface area contributed by atoms with Crippen LogP contribution in [0.25, 0.3) is 0 Å². The van der Waals surface area contributed by atoms with Crippen molar-refractivity contribution in [1.82, 2.24) is 0 Å². The third-order valence-electron chi connectivity index (χ3n) is 4.39. The molecule has 26 heavy (non-hydrogen) atoms. The Hall–Kier alpha value is -1.85. The molecule has 0 saturated heterocycles. The van der Waals surface area contributed by atoms with Crippen molar-refractivity contribution in [2.24, 2.45) is 5.92 Å². The highest BCUT2D eigenvalue weighted by atomic mass is 16.4. The molecule has 5 heteroatoms. The second-order valence-electron chi connectivity index (χ2n) is 7.92. The molecule has 2 unspecified atom stereocenters. The molecule has 0 bridgehead atoms. The van der Waals surface area contributed by atoms with E-state index in [1.807, 2.05) is 41.5 Å². The highest BCUT2D eigenvalue weighted by Gasteiger charge is 2.48. The van der Waals surface area contributed by atoms with Crippen LogP contribution in [0.1, 0.15) is 60.8 Å². The number of rotatable bonds is 7. The van der Waals surface area contributed by atoms with Crippen LogP contribution in [0, 0.1) is 5.92 Å². The Bertz CT molecular complexity index is 671. The summed E-state index contributed by atoms with van der Waals surface area (Å²) in [5, 5.41) is 43.0. The van der Waals surface area contributed by atoms with E-state index in [2.05, 4.69) is 0 Å². The molecule has 0 saturated carbocycles. The SMILES string of the molecule is CC(C)=CCC1=C(O)C(C(=O)CC(C)C)=C(O)C(O)(CC=C(C)C)C1O. The molecular weight excluding hydrogens is 332 g/mol. The lowest BCUT2D eigenvalue weighted by molar-refractivity contribution is -0.117. The molecule has 0 aromatic carbocycles. The van der Waals surface area contributed by atoms with Crippen LogP contribution >= 0.6 is 0 Å². The van der Waals surface area contributed by atoms with E-state index in [9.17, 15) is 25.2 Å². The van der Waals surface area contributed by atoms with E-state index >= 15 is 0 Å². The van der Waals surface area contributed by atoms with Crippen molar-refractivity contribution in [2.75, 3.05) is 0 Å². The summed E-state index contributed by atoms with van der Waals surface area (Å²) in [4.78, 5) is 12.6. The van der Waals surface area contributed by atoms with Gasteiger partial charge in [-0.1, -0.05) is 37.1 Å². The Morgan fingerprint density at radius 2 is 1.65 bits per heavy atom. The van der Waals surface area contributed by atoms with Crippen molar-refractivity contribution in [3.63, 3.8) is 0 Å². The molecule has 0 radical (unpaired) electrons. The van der Waals surface area contributed by atoms with Gasteiger partial charge in [-0.25, -0.2) is 0 Å². The zero-order valence-corrected chi connectivity index (χ0v) is 16.6. The molecule has 1 rings (SSSR count). The summed E-state index contributed by atoms with van der Waals surface area (Å²) in [5.41, 5.74) is -0.320. The molecule has 0 aromatic heterocycles. The second-order valence-corrected chi connectivity index (χ2v) is 7.92. The molecule has 0 fully saturated rings. The molecule has 0 aliphatic heterocycles. The minimum atomic E-state index is -2.05. The Balaban J connectivity index is 3.55. The lowest BCUT2D eigenvalue weighted by Crippen LogP contribution is -2.49. The first-order valence-electron chi connectivity index (χ1n) is 8.98. The lowest BCUT2D eigenvalue weighted by atomic mass is 9.75. The van der Waals surface area contributed by atoms with Gasteiger partial charge in [-0.05, 0) is 40.0 Å². The highest BCUT2D eigenvalue weighted by Crippen LogP contribution is 2.40. The second kappa shape index (κ2) is 8.69. The maximum Gasteiger partial charge on any atom is 0.170 e. The number of Topliss-reactive ketones (excluding diaryl/α,β-unsaturated/α-hetero) is 1. The van der Waals surface area contributed by atoms with E-state index in [0.717, 1.165) is 11.1 Å². The average molecular weight is 364 g/mol. The fraction of sp³-hybridized carbons (Fsp3) is 0.571. The average Bonchev–Trinajstić information content (AvgIpc) is 2.50. The summed E-state index contributed by atoms with van der Waals surface area (Å²) < 4.78 is 0. The molecule has 0 aromatic rings. The summed E-state index contributed by atoms with van der Waals surface area (Å²) in [6.45, 7) is 11.1. The molecule has 0 spiro atoms. The summed E-state index contributed by atoms with van der Waals surface area (Å²) in [6, 6.07) is 0. The standard InChI is InChI=1S/C21H32O5/c1-12(2)7-8-15-18(23)17(16(22)11-14(5)6)20(25)21(26,19(15)24)10-9-13(3)4/h7,9,14,19,23-26H,8,10-11H2,1-6H3. The van der Waals surface area contributed by atoms with E-state index in [1.54, 1.807) is 12.2 Å². The summed E-state index contributed by atoms with van der Waals surface area (Å²) in [5.74, 6) is -1.52. The zero-order chi connectivity index (χ0) is 20.2. The maximum absolute atomic E-state index is 12.6. The number of aliphatic hydroxyl groups excluding tert-OH is 3. The van der Waals surface area contributed by atoms with Crippen molar-refractivity contribution >= 4 is 5.78 Å². The predicted octanol–water partition coefficient (Wildman–Crippen LogP) is 4.04. The molecule has 2 atom stereocenters. The number of aliphatic hydroxyl groups is 4. The van der Waals surface area contributed by atoms with Gasteiger partial charge in [0.1, 0.15) is 17.6 Å². The first-order valence-corrected chi connectivity index (χ1v) is 8.98. The normalized spacial score (nSPS) is 23.3. The molecule has 1 aliphatic carbocycles. The number of carbonyl (C=O) groups excluding carboxylic acids is 1. The van der Waals surface area contributed by atoms with Crippen LogP contribution in [0.4, 0.5) is 0 Å². The van der Waals surface area contributed by atoms with Crippen molar-refractivity contribution in [1.29, 1.82) is 0 Å². The molecule has 0 amide bonds. The van der Waals surface area contributed by atoms with Crippen molar-refractivity contribution in [2.45, 2.75) is 72.5 Å². The van der Waals surface area contributed by atoms with Crippen LogP contribution in [0.2, 0.25) is 0 Å². The summed E-state index contributed by atoms with van der Waals surface area (Å²) in [7, 11) is 0. The first-order chi connectivity index (χ1) is 11.9. The number of ketones is 1. The predicted molar refractivity (Wildman–Crippen MR) is 103 cm³/mol. The molecule has 146 valence electrons. The molecule has 5 nitrogen and oxygen atoms in total. The van der Waals surface area contributed by atoms with Gasteiger partial charge in [0.15, 0.2) is 11.4 Å². The zero-order valence-electron chi connectivity index (χ0n) is 16.6. The van der Waals surface area contributed by atoms with E-state index in [0.29, 0.717) is 0 Å². The fourth-order valence-corrected chi connectivity index (χ4v) is 2.86. The topological polar surface area (TPSA) is 98.0 Å². The highest BCUT2D eigenvalue weighted by molar-refractivity contribution is 6.00. The molecular formula is C21H32O5. The van der Waals surface area contributed by atoms with Crippen LogP contribution < -0.4 is 0 Å². The molecule has 0 heterocycles. The van der Waals surface area contributed by atoms with Gasteiger partial charge in [0, 0.05) is 18.4 Å². The van der Waals surface area contributed by atoms with Crippen molar-refractivity contribution in [3.8, 4) is 0 Å². The van der Waals surface area contributed by atoms with E-state index in [4.69, 9.17) is 0 Å². The van der Waals surface area contributed by atoms with E-state index in [1.165, 1.54) is 0 Å². The van der Waals surface area contributed by atoms with E-state index in [-0.39, 0.29) is 36.3 Å². The summed E-state index contributed by atoms with van der Waals surface area (Å²) >= 11 is 0. The quantitative estimate of drug-likeness (QED) is 0.511. The van der Waals surface area contributed by atoms with Gasteiger partial charge in [-0.2, -0.15) is 0 Å². The summed E-state index contributed by atoms with van der Waals surface area (Å²) in [6.07, 6.45) is 2.21. The van der Waals surface area contributed by atoms with Gasteiger partial charge in [-0.15, -0.1) is 0 Å². The van der Waals surface area contributed by atoms with E-state index < -0.39 is 29.0 Å². The monoisotopic (exact) mass is 364 g/mol. The smallest absolute Gasteiger partial charge is 0.170 e. The van der Waals surface area contributed by atoms with Gasteiger partial charge >= 0.3 is 0 Å². The minimum absolute atomic E-state index is 0.0227. The van der Waals surface area contributed by atoms with Gasteiger partial charge in [-0.3, -0.25) is 4.79 Å². The Morgan fingerprint density at radius 1 is 1.12 bits per heavy atom. The third-order valence-corrected chi connectivity index (χ3v) is 4.39. The minimum Gasteiger partial charge on any atom is -0.508 e. The van der Waals surface area contributed by atoms with Gasteiger partial charge in [0.05, 0.1) is 5.57 Å². The number of hydrogen-bond acceptors (Lipinski definition) is 5. The third kappa shape index (κ3) is 4.86. The fourth-order valence-electron chi connectivity index (χ4n) is 2.86. The van der Waals surface area contributed by atoms with Crippen LogP contribution in [-0.2, 0) is 4.79 Å². The molecule has 1 aliphatic rings. The molecule has 4 N–H and O–H groups in total. The maximum atomic E-state index is 12.6. The largest absolute Gasteiger partial charge is 0.508 e. The van der Waals surface area contributed by atoms with Gasteiger partial charge in [0.25, 0.3) is 0 Å². The number of allylic oxidation sites excluding steroid dienone is 4. The number of hydrogen-bond donors (Lipinski definition) is 4.